The monoisotopic (exact) mass is 272 g/mol. The van der Waals surface area contributed by atoms with Gasteiger partial charge in [-0.05, 0) is 28.0 Å². The summed E-state index contributed by atoms with van der Waals surface area (Å²) in [6.45, 7) is 1.84. The molecule has 2 aliphatic heterocycles. The zero-order valence-corrected chi connectivity index (χ0v) is 11.0. The summed E-state index contributed by atoms with van der Waals surface area (Å²) in [5, 5.41) is 12.5. The van der Waals surface area contributed by atoms with Crippen LogP contribution in [0, 0.1) is 0 Å². The fourth-order valence-corrected chi connectivity index (χ4v) is 2.81. The summed E-state index contributed by atoms with van der Waals surface area (Å²) >= 11 is 0. The molecular weight excluding hydrogens is 256 g/mol. The van der Waals surface area contributed by atoms with Crippen LogP contribution in [0.25, 0.3) is 10.8 Å². The number of rotatable bonds is 3. The maximum absolute atomic E-state index is 10.1. The van der Waals surface area contributed by atoms with Gasteiger partial charge in [0.15, 0.2) is 0 Å². The first-order valence-corrected chi connectivity index (χ1v) is 6.89. The summed E-state index contributed by atoms with van der Waals surface area (Å²) in [5.41, 5.74) is 2.15. The highest BCUT2D eigenvalue weighted by molar-refractivity contribution is 5.87. The minimum Gasteiger partial charge on any atom is -0.386 e. The molecule has 0 aliphatic carbocycles. The van der Waals surface area contributed by atoms with Gasteiger partial charge in [-0.3, -0.25) is 0 Å². The van der Waals surface area contributed by atoms with E-state index >= 15 is 0 Å². The average Bonchev–Trinajstić information content (AvgIpc) is 3.20. The zero-order valence-electron chi connectivity index (χ0n) is 11.0. The molecule has 0 radical (unpaired) electrons. The highest BCUT2D eigenvalue weighted by atomic mass is 17.2. The topological polar surface area (TPSA) is 51.2 Å². The molecule has 2 atom stereocenters. The van der Waals surface area contributed by atoms with Crippen molar-refractivity contribution in [2.24, 2.45) is 0 Å². The lowest BCUT2D eigenvalue weighted by molar-refractivity contribution is -0.248. The molecular formula is C16H16O4. The maximum atomic E-state index is 10.1. The summed E-state index contributed by atoms with van der Waals surface area (Å²) in [6, 6.07) is 12.3. The molecule has 4 rings (SSSR count). The van der Waals surface area contributed by atoms with E-state index in [0.29, 0.717) is 19.8 Å². The molecule has 0 amide bonds. The van der Waals surface area contributed by atoms with E-state index in [4.69, 9.17) is 14.5 Å². The van der Waals surface area contributed by atoms with E-state index in [9.17, 15) is 5.11 Å². The van der Waals surface area contributed by atoms with Gasteiger partial charge in [0.2, 0.25) is 0 Å². The van der Waals surface area contributed by atoms with Gasteiger partial charge in [0.05, 0.1) is 19.8 Å². The Morgan fingerprint density at radius 2 is 1.85 bits per heavy atom. The number of hydrogen-bond acceptors (Lipinski definition) is 4. The van der Waals surface area contributed by atoms with Gasteiger partial charge in [-0.25, -0.2) is 9.78 Å². The van der Waals surface area contributed by atoms with Gasteiger partial charge in [0, 0.05) is 5.92 Å². The minimum absolute atomic E-state index is 0.0349. The van der Waals surface area contributed by atoms with Gasteiger partial charge < -0.3 is 9.84 Å². The number of hydrogen-bond donors (Lipinski definition) is 1. The van der Waals surface area contributed by atoms with Gasteiger partial charge >= 0.3 is 0 Å². The first-order chi connectivity index (χ1) is 9.83. The third-order valence-corrected chi connectivity index (χ3v) is 4.05. The molecule has 2 aliphatic rings. The van der Waals surface area contributed by atoms with Crippen molar-refractivity contribution in [3.8, 4) is 0 Å². The van der Waals surface area contributed by atoms with E-state index in [1.54, 1.807) is 0 Å². The Balaban J connectivity index is 1.75. The fourth-order valence-electron chi connectivity index (χ4n) is 2.81. The van der Waals surface area contributed by atoms with Gasteiger partial charge in [-0.1, -0.05) is 30.3 Å². The van der Waals surface area contributed by atoms with Gasteiger partial charge in [-0.2, -0.15) is 0 Å². The Morgan fingerprint density at radius 1 is 1.05 bits per heavy atom. The molecule has 104 valence electrons. The lowest BCUT2D eigenvalue weighted by Gasteiger charge is -2.13. The van der Waals surface area contributed by atoms with Gasteiger partial charge in [-0.15, -0.1) is 0 Å². The Bertz CT molecular complexity index is 629. The zero-order chi connectivity index (χ0) is 13.5. The second-order valence-corrected chi connectivity index (χ2v) is 5.41. The number of aliphatic hydroxyl groups excluding tert-OH is 1. The summed E-state index contributed by atoms with van der Waals surface area (Å²) < 4.78 is 5.16. The van der Waals surface area contributed by atoms with Crippen molar-refractivity contribution in [1.82, 2.24) is 0 Å². The predicted octanol–water partition coefficient (Wildman–Crippen LogP) is 2.32. The van der Waals surface area contributed by atoms with Crippen LogP contribution in [0.15, 0.2) is 36.4 Å². The normalized spacial score (nSPS) is 24.1. The van der Waals surface area contributed by atoms with Crippen LogP contribution < -0.4 is 0 Å². The van der Waals surface area contributed by atoms with Crippen molar-refractivity contribution in [2.45, 2.75) is 18.1 Å². The molecule has 20 heavy (non-hydrogen) atoms. The first kappa shape index (κ1) is 12.3. The van der Waals surface area contributed by atoms with E-state index in [1.807, 2.05) is 18.2 Å². The molecule has 0 spiro atoms. The Morgan fingerprint density at radius 3 is 2.60 bits per heavy atom. The van der Waals surface area contributed by atoms with Crippen LogP contribution in [0.5, 0.6) is 0 Å². The number of epoxide rings is 1. The third kappa shape index (κ3) is 2.11. The number of benzene rings is 2. The van der Waals surface area contributed by atoms with E-state index in [2.05, 4.69) is 18.2 Å². The number of ether oxygens (including phenoxy) is 1. The number of fused-ring (bicyclic) bond motifs is 1. The van der Waals surface area contributed by atoms with Gasteiger partial charge in [0.25, 0.3) is 0 Å². The van der Waals surface area contributed by atoms with Crippen molar-refractivity contribution in [2.75, 3.05) is 19.8 Å². The summed E-state index contributed by atoms with van der Waals surface area (Å²) in [7, 11) is 0. The standard InChI is InChI=1S/C16H16O4/c17-16(15-9-18-15)11-4-5-14-10(6-11)2-1-3-13(14)12-7-19-20-8-12/h1-6,12,15-17H,7-9H2. The number of aliphatic hydroxyl groups is 1. The Kier molecular flexibility index (Phi) is 2.97. The smallest absolute Gasteiger partial charge is 0.111 e. The van der Waals surface area contributed by atoms with Crippen LogP contribution in [0.1, 0.15) is 23.1 Å². The van der Waals surface area contributed by atoms with E-state index in [1.165, 1.54) is 10.9 Å². The molecule has 2 aromatic carbocycles. The van der Waals surface area contributed by atoms with Crippen LogP contribution in [0.4, 0.5) is 0 Å². The lowest BCUT2D eigenvalue weighted by atomic mass is 9.93. The summed E-state index contributed by atoms with van der Waals surface area (Å²) in [4.78, 5) is 10.0. The van der Waals surface area contributed by atoms with Crippen LogP contribution in [0.2, 0.25) is 0 Å². The van der Waals surface area contributed by atoms with Crippen molar-refractivity contribution in [3.63, 3.8) is 0 Å². The summed E-state index contributed by atoms with van der Waals surface area (Å²) in [6.07, 6.45) is -0.562. The van der Waals surface area contributed by atoms with Crippen molar-refractivity contribution in [1.29, 1.82) is 0 Å². The van der Waals surface area contributed by atoms with Gasteiger partial charge in [0.1, 0.15) is 12.2 Å². The van der Waals surface area contributed by atoms with Crippen LogP contribution in [-0.2, 0) is 14.5 Å². The van der Waals surface area contributed by atoms with Crippen molar-refractivity contribution >= 4 is 10.8 Å². The third-order valence-electron chi connectivity index (χ3n) is 4.05. The molecule has 2 unspecified atom stereocenters. The average molecular weight is 272 g/mol. The molecule has 1 N–H and O–H groups in total. The fraction of sp³-hybridized carbons (Fsp3) is 0.375. The molecule has 0 bridgehead atoms. The molecule has 2 aromatic rings. The largest absolute Gasteiger partial charge is 0.386 e. The summed E-state index contributed by atoms with van der Waals surface area (Å²) in [5.74, 6) is 0.279. The van der Waals surface area contributed by atoms with E-state index in [-0.39, 0.29) is 12.0 Å². The quantitative estimate of drug-likeness (QED) is 0.688. The molecule has 2 fully saturated rings. The lowest BCUT2D eigenvalue weighted by Crippen LogP contribution is -2.05. The van der Waals surface area contributed by atoms with Crippen molar-refractivity contribution < 1.29 is 19.6 Å². The highest BCUT2D eigenvalue weighted by Gasteiger charge is 2.32. The van der Waals surface area contributed by atoms with Crippen LogP contribution in [-0.4, -0.2) is 31.0 Å². The van der Waals surface area contributed by atoms with Crippen LogP contribution >= 0.6 is 0 Å². The Hall–Kier alpha value is -1.46. The second kappa shape index (κ2) is 4.82. The Labute approximate surface area is 116 Å². The SMILES string of the molecule is OC(c1ccc2c(C3COOC3)cccc2c1)C1CO1. The second-order valence-electron chi connectivity index (χ2n) is 5.41. The molecule has 4 nitrogen and oxygen atoms in total. The first-order valence-electron chi connectivity index (χ1n) is 6.89. The molecule has 4 heteroatoms. The molecule has 2 saturated heterocycles. The molecule has 2 heterocycles. The minimum atomic E-state index is -0.527. The molecule has 0 aromatic heterocycles. The van der Waals surface area contributed by atoms with Crippen molar-refractivity contribution in [3.05, 3.63) is 47.5 Å². The predicted molar refractivity (Wildman–Crippen MR) is 73.3 cm³/mol. The highest BCUT2D eigenvalue weighted by Crippen LogP contribution is 2.33. The van der Waals surface area contributed by atoms with E-state index in [0.717, 1.165) is 10.9 Å². The molecule has 0 saturated carbocycles. The van der Waals surface area contributed by atoms with Crippen LogP contribution in [0.3, 0.4) is 0 Å². The van der Waals surface area contributed by atoms with E-state index < -0.39 is 6.10 Å². The maximum Gasteiger partial charge on any atom is 0.111 e.